The monoisotopic (exact) mass is 335 g/mol. The molecule has 120 valence electrons. The van der Waals surface area contributed by atoms with E-state index in [0.29, 0.717) is 5.02 Å². The summed E-state index contributed by atoms with van der Waals surface area (Å²) in [7, 11) is 0. The van der Waals surface area contributed by atoms with Crippen molar-refractivity contribution in [2.24, 2.45) is 5.10 Å². The first-order valence-electron chi connectivity index (χ1n) is 7.71. The molecule has 1 N–H and O–H groups in total. The molecule has 0 unspecified atom stereocenters. The van der Waals surface area contributed by atoms with Crippen LogP contribution in [0.3, 0.4) is 0 Å². The molecule has 3 nitrogen and oxygen atoms in total. The molecule has 0 aliphatic heterocycles. The molecular formula is C20H18ClN3. The number of aryl methyl sites for hydroxylation is 2. The van der Waals surface area contributed by atoms with Gasteiger partial charge in [-0.25, -0.2) is 0 Å². The van der Waals surface area contributed by atoms with Crippen molar-refractivity contribution in [2.75, 3.05) is 5.43 Å². The molecule has 2 aromatic carbocycles. The quantitative estimate of drug-likeness (QED) is 0.524. The zero-order chi connectivity index (χ0) is 16.9. The fraction of sp³-hybridized carbons (Fsp3) is 0.100. The highest BCUT2D eigenvalue weighted by Crippen LogP contribution is 2.18. The molecule has 0 bridgehead atoms. The standard InChI is InChI=1S/C20H18ClN3/c1-14-3-4-15(2)19(13-14)20(16-9-11-22-12-10-16)24-23-18-7-5-17(21)6-8-18/h3-13,23H,1-2H3/b24-20-. The maximum Gasteiger partial charge on any atom is 0.0981 e. The van der Waals surface area contributed by atoms with Crippen LogP contribution in [0.2, 0.25) is 5.02 Å². The molecule has 0 saturated heterocycles. The van der Waals surface area contributed by atoms with Gasteiger partial charge in [0, 0.05) is 28.5 Å². The van der Waals surface area contributed by atoms with E-state index in [4.69, 9.17) is 11.6 Å². The van der Waals surface area contributed by atoms with Crippen molar-refractivity contribution < 1.29 is 0 Å². The van der Waals surface area contributed by atoms with Crippen molar-refractivity contribution in [3.05, 3.63) is 94.3 Å². The Morgan fingerprint density at radius 1 is 0.958 bits per heavy atom. The van der Waals surface area contributed by atoms with Crippen LogP contribution >= 0.6 is 11.6 Å². The summed E-state index contributed by atoms with van der Waals surface area (Å²) >= 11 is 5.93. The molecule has 0 atom stereocenters. The molecule has 0 fully saturated rings. The van der Waals surface area contributed by atoms with Crippen LogP contribution in [0, 0.1) is 13.8 Å². The van der Waals surface area contributed by atoms with Gasteiger partial charge < -0.3 is 0 Å². The van der Waals surface area contributed by atoms with E-state index >= 15 is 0 Å². The Labute approximate surface area is 147 Å². The minimum atomic E-state index is 0.702. The zero-order valence-electron chi connectivity index (χ0n) is 13.6. The summed E-state index contributed by atoms with van der Waals surface area (Å²) in [5.74, 6) is 0. The first-order chi connectivity index (χ1) is 11.6. The zero-order valence-corrected chi connectivity index (χ0v) is 14.4. The summed E-state index contributed by atoms with van der Waals surface area (Å²) < 4.78 is 0. The number of anilines is 1. The highest BCUT2D eigenvalue weighted by molar-refractivity contribution is 6.30. The van der Waals surface area contributed by atoms with Crippen molar-refractivity contribution in [2.45, 2.75) is 13.8 Å². The normalized spacial score (nSPS) is 11.4. The third kappa shape index (κ3) is 3.81. The number of rotatable bonds is 4. The van der Waals surface area contributed by atoms with Crippen LogP contribution < -0.4 is 5.43 Å². The van der Waals surface area contributed by atoms with Crippen LogP contribution in [0.25, 0.3) is 0 Å². The predicted octanol–water partition coefficient (Wildman–Crippen LogP) is 5.22. The average molecular weight is 336 g/mol. The van der Waals surface area contributed by atoms with Gasteiger partial charge in [-0.05, 0) is 61.9 Å². The second-order valence-electron chi connectivity index (χ2n) is 5.63. The van der Waals surface area contributed by atoms with Gasteiger partial charge in [0.15, 0.2) is 0 Å². The van der Waals surface area contributed by atoms with Crippen molar-refractivity contribution in [3.63, 3.8) is 0 Å². The van der Waals surface area contributed by atoms with Gasteiger partial charge in [0.25, 0.3) is 0 Å². The van der Waals surface area contributed by atoms with Gasteiger partial charge in [-0.2, -0.15) is 5.10 Å². The third-order valence-corrected chi connectivity index (χ3v) is 3.99. The predicted molar refractivity (Wildman–Crippen MR) is 101 cm³/mol. The molecule has 1 heterocycles. The van der Waals surface area contributed by atoms with Crippen LogP contribution in [0.5, 0.6) is 0 Å². The van der Waals surface area contributed by atoms with Gasteiger partial charge in [-0.3, -0.25) is 10.4 Å². The number of nitrogens with one attached hydrogen (secondary N) is 1. The Balaban J connectivity index is 2.03. The summed E-state index contributed by atoms with van der Waals surface area (Å²) in [6.45, 7) is 4.17. The number of pyridine rings is 1. The Morgan fingerprint density at radius 3 is 2.38 bits per heavy atom. The molecule has 0 aliphatic rings. The van der Waals surface area contributed by atoms with E-state index in [1.807, 2.05) is 36.4 Å². The summed E-state index contributed by atoms with van der Waals surface area (Å²) in [5, 5.41) is 5.36. The molecule has 0 amide bonds. The molecule has 4 heteroatoms. The van der Waals surface area contributed by atoms with Crippen molar-refractivity contribution in [3.8, 4) is 0 Å². The Hall–Kier alpha value is -2.65. The minimum Gasteiger partial charge on any atom is -0.278 e. The SMILES string of the molecule is Cc1ccc(C)c(/C(=N\Nc2ccc(Cl)cc2)c2ccncc2)c1. The molecule has 1 aromatic heterocycles. The number of aromatic nitrogens is 1. The highest BCUT2D eigenvalue weighted by atomic mass is 35.5. The minimum absolute atomic E-state index is 0.702. The molecule has 0 saturated carbocycles. The maximum atomic E-state index is 5.93. The smallest absolute Gasteiger partial charge is 0.0981 e. The van der Waals surface area contributed by atoms with E-state index in [9.17, 15) is 0 Å². The fourth-order valence-electron chi connectivity index (χ4n) is 2.43. The van der Waals surface area contributed by atoms with Crippen LogP contribution in [0.4, 0.5) is 5.69 Å². The van der Waals surface area contributed by atoms with Crippen molar-refractivity contribution in [1.29, 1.82) is 0 Å². The topological polar surface area (TPSA) is 37.3 Å². The summed E-state index contributed by atoms with van der Waals surface area (Å²) in [5.41, 5.74) is 9.38. The number of hydrogen-bond donors (Lipinski definition) is 1. The lowest BCUT2D eigenvalue weighted by Gasteiger charge is -2.12. The first-order valence-corrected chi connectivity index (χ1v) is 8.08. The molecule has 0 aliphatic carbocycles. The van der Waals surface area contributed by atoms with Gasteiger partial charge >= 0.3 is 0 Å². The van der Waals surface area contributed by atoms with Gasteiger partial charge in [0.2, 0.25) is 0 Å². The fourth-order valence-corrected chi connectivity index (χ4v) is 2.55. The highest BCUT2D eigenvalue weighted by Gasteiger charge is 2.10. The van der Waals surface area contributed by atoms with E-state index in [-0.39, 0.29) is 0 Å². The summed E-state index contributed by atoms with van der Waals surface area (Å²) in [4.78, 5) is 4.10. The number of benzene rings is 2. The van der Waals surface area contributed by atoms with Gasteiger partial charge in [-0.1, -0.05) is 29.3 Å². The second kappa shape index (κ2) is 7.28. The van der Waals surface area contributed by atoms with E-state index in [2.05, 4.69) is 47.6 Å². The van der Waals surface area contributed by atoms with Gasteiger partial charge in [0.1, 0.15) is 0 Å². The van der Waals surface area contributed by atoms with Crippen molar-refractivity contribution in [1.82, 2.24) is 4.98 Å². The van der Waals surface area contributed by atoms with E-state index in [1.165, 1.54) is 11.1 Å². The van der Waals surface area contributed by atoms with Gasteiger partial charge in [0.05, 0.1) is 11.4 Å². The Morgan fingerprint density at radius 2 is 1.67 bits per heavy atom. The molecule has 3 rings (SSSR count). The van der Waals surface area contributed by atoms with E-state index in [0.717, 1.165) is 22.5 Å². The van der Waals surface area contributed by atoms with E-state index in [1.54, 1.807) is 12.4 Å². The number of hydrogen-bond acceptors (Lipinski definition) is 3. The van der Waals surface area contributed by atoms with Gasteiger partial charge in [-0.15, -0.1) is 0 Å². The number of nitrogens with zero attached hydrogens (tertiary/aromatic N) is 2. The van der Waals surface area contributed by atoms with Crippen LogP contribution in [0.15, 0.2) is 72.1 Å². The maximum absolute atomic E-state index is 5.93. The molecule has 3 aromatic rings. The number of hydrazone groups is 1. The largest absolute Gasteiger partial charge is 0.278 e. The average Bonchev–Trinajstić information content (AvgIpc) is 2.60. The lowest BCUT2D eigenvalue weighted by atomic mass is 9.97. The van der Waals surface area contributed by atoms with Crippen LogP contribution in [-0.2, 0) is 0 Å². The van der Waals surface area contributed by atoms with E-state index < -0.39 is 0 Å². The second-order valence-corrected chi connectivity index (χ2v) is 6.07. The Bertz CT molecular complexity index is 856. The lowest BCUT2D eigenvalue weighted by molar-refractivity contribution is 1.28. The molecule has 24 heavy (non-hydrogen) atoms. The first kappa shape index (κ1) is 16.2. The molecule has 0 spiro atoms. The Kier molecular flexibility index (Phi) is 4.92. The third-order valence-electron chi connectivity index (χ3n) is 3.74. The lowest BCUT2D eigenvalue weighted by Crippen LogP contribution is -2.09. The summed E-state index contributed by atoms with van der Waals surface area (Å²) in [6.07, 6.45) is 3.55. The molecular weight excluding hydrogens is 318 g/mol. The number of halogens is 1. The van der Waals surface area contributed by atoms with Crippen LogP contribution in [-0.4, -0.2) is 10.7 Å². The summed E-state index contributed by atoms with van der Waals surface area (Å²) in [6, 6.07) is 17.8. The molecule has 0 radical (unpaired) electrons. The van der Waals surface area contributed by atoms with Crippen molar-refractivity contribution >= 4 is 23.0 Å². The van der Waals surface area contributed by atoms with Crippen LogP contribution in [0.1, 0.15) is 22.3 Å².